The lowest BCUT2D eigenvalue weighted by Crippen LogP contribution is -2.00. The molecule has 20 heavy (non-hydrogen) atoms. The number of phenolic OH excluding ortho intramolecular Hbond substituents is 2. The van der Waals surface area contributed by atoms with Crippen molar-refractivity contribution in [3.8, 4) is 11.5 Å². The largest absolute Gasteiger partial charge is 0.508 e. The summed E-state index contributed by atoms with van der Waals surface area (Å²) in [4.78, 5) is 0. The first-order valence-electron chi connectivity index (χ1n) is 8.21. The van der Waals surface area contributed by atoms with Crippen LogP contribution in [0.25, 0.3) is 0 Å². The van der Waals surface area contributed by atoms with Crippen LogP contribution in [0.2, 0.25) is 0 Å². The van der Waals surface area contributed by atoms with Crippen molar-refractivity contribution in [1.82, 2.24) is 0 Å². The fourth-order valence-electron chi connectivity index (χ4n) is 2.62. The fourth-order valence-corrected chi connectivity index (χ4v) is 2.62. The normalized spacial score (nSPS) is 10.9. The topological polar surface area (TPSA) is 40.5 Å². The van der Waals surface area contributed by atoms with E-state index in [-0.39, 0.29) is 0 Å². The Morgan fingerprint density at radius 1 is 0.750 bits per heavy atom. The number of hydrogen-bond acceptors (Lipinski definition) is 2. The molecule has 0 amide bonds. The third-order valence-electron chi connectivity index (χ3n) is 3.93. The number of rotatable bonds is 9. The molecule has 2 heteroatoms. The molecule has 2 nitrogen and oxygen atoms in total. The fraction of sp³-hybridized carbons (Fsp3) is 0.667. The third-order valence-corrected chi connectivity index (χ3v) is 3.93. The van der Waals surface area contributed by atoms with E-state index in [9.17, 15) is 10.2 Å². The summed E-state index contributed by atoms with van der Waals surface area (Å²) in [5.41, 5.74) is 2.88. The van der Waals surface area contributed by atoms with Gasteiger partial charge in [-0.2, -0.15) is 0 Å². The Hall–Kier alpha value is -1.18. The summed E-state index contributed by atoms with van der Waals surface area (Å²) in [5.74, 6) is 0.823. The van der Waals surface area contributed by atoms with E-state index in [1.807, 2.05) is 0 Å². The second kappa shape index (κ2) is 8.89. The van der Waals surface area contributed by atoms with Gasteiger partial charge in [0.05, 0.1) is 0 Å². The number of aromatic hydroxyl groups is 2. The van der Waals surface area contributed by atoms with Crippen LogP contribution in [-0.2, 0) is 19.3 Å². The molecule has 1 aromatic carbocycles. The zero-order chi connectivity index (χ0) is 15.0. The lowest BCUT2D eigenvalue weighted by Gasteiger charge is -2.17. The lowest BCUT2D eigenvalue weighted by atomic mass is 9.92. The van der Waals surface area contributed by atoms with Crippen molar-refractivity contribution in [3.05, 3.63) is 22.8 Å². The van der Waals surface area contributed by atoms with Crippen LogP contribution in [0.15, 0.2) is 6.07 Å². The predicted octanol–water partition coefficient (Wildman–Crippen LogP) is 5.13. The standard InChI is InChI=1S/C18H30O2/c1-4-7-10-14-13-17(19)15(11-8-5-2)16(18(14)20)12-9-6-3/h13,19-20H,4-12H2,1-3H3. The Morgan fingerprint density at radius 2 is 1.25 bits per heavy atom. The molecular formula is C18H30O2. The first kappa shape index (κ1) is 16.9. The van der Waals surface area contributed by atoms with Crippen molar-refractivity contribution in [1.29, 1.82) is 0 Å². The number of aryl methyl sites for hydroxylation is 1. The summed E-state index contributed by atoms with van der Waals surface area (Å²) in [6.07, 6.45) is 9.05. The molecule has 0 heterocycles. The molecule has 0 unspecified atom stereocenters. The second-order valence-electron chi connectivity index (χ2n) is 5.67. The molecule has 1 aromatic rings. The average molecular weight is 278 g/mol. The zero-order valence-electron chi connectivity index (χ0n) is 13.3. The summed E-state index contributed by atoms with van der Waals surface area (Å²) < 4.78 is 0. The first-order valence-corrected chi connectivity index (χ1v) is 8.21. The van der Waals surface area contributed by atoms with Crippen LogP contribution in [0.4, 0.5) is 0 Å². The summed E-state index contributed by atoms with van der Waals surface area (Å²) in [5, 5.41) is 20.8. The minimum Gasteiger partial charge on any atom is -0.508 e. The van der Waals surface area contributed by atoms with Crippen LogP contribution in [-0.4, -0.2) is 10.2 Å². The van der Waals surface area contributed by atoms with Gasteiger partial charge in [0.15, 0.2) is 0 Å². The van der Waals surface area contributed by atoms with Crippen molar-refractivity contribution in [2.75, 3.05) is 0 Å². The van der Waals surface area contributed by atoms with E-state index in [1.54, 1.807) is 6.07 Å². The highest BCUT2D eigenvalue weighted by Crippen LogP contribution is 2.36. The van der Waals surface area contributed by atoms with Gasteiger partial charge in [0.25, 0.3) is 0 Å². The van der Waals surface area contributed by atoms with Gasteiger partial charge in [-0.1, -0.05) is 40.0 Å². The Labute approximate surface area is 123 Å². The van der Waals surface area contributed by atoms with Crippen molar-refractivity contribution >= 4 is 0 Å². The van der Waals surface area contributed by atoms with E-state index >= 15 is 0 Å². The third kappa shape index (κ3) is 4.43. The highest BCUT2D eigenvalue weighted by Gasteiger charge is 2.16. The summed E-state index contributed by atoms with van der Waals surface area (Å²) in [6.45, 7) is 6.45. The zero-order valence-corrected chi connectivity index (χ0v) is 13.3. The minimum atomic E-state index is 0.383. The molecule has 0 aromatic heterocycles. The molecule has 0 aliphatic carbocycles. The van der Waals surface area contributed by atoms with Crippen molar-refractivity contribution in [3.63, 3.8) is 0 Å². The Bertz CT molecular complexity index is 410. The van der Waals surface area contributed by atoms with E-state index < -0.39 is 0 Å². The van der Waals surface area contributed by atoms with Gasteiger partial charge in [-0.05, 0) is 50.2 Å². The molecule has 0 radical (unpaired) electrons. The quantitative estimate of drug-likeness (QED) is 0.615. The second-order valence-corrected chi connectivity index (χ2v) is 5.67. The first-order chi connectivity index (χ1) is 9.65. The molecule has 0 spiro atoms. The molecule has 2 N–H and O–H groups in total. The molecule has 0 aliphatic rings. The van der Waals surface area contributed by atoms with Crippen molar-refractivity contribution in [2.45, 2.75) is 78.6 Å². The maximum Gasteiger partial charge on any atom is 0.122 e. The van der Waals surface area contributed by atoms with Crippen LogP contribution >= 0.6 is 0 Å². The Balaban J connectivity index is 3.11. The van der Waals surface area contributed by atoms with Crippen molar-refractivity contribution < 1.29 is 10.2 Å². The number of benzene rings is 1. The monoisotopic (exact) mass is 278 g/mol. The molecule has 0 atom stereocenters. The highest BCUT2D eigenvalue weighted by atomic mass is 16.3. The van der Waals surface area contributed by atoms with Crippen LogP contribution in [0, 0.1) is 0 Å². The van der Waals surface area contributed by atoms with E-state index in [0.717, 1.165) is 74.5 Å². The van der Waals surface area contributed by atoms with E-state index in [0.29, 0.717) is 11.5 Å². The van der Waals surface area contributed by atoms with Gasteiger partial charge in [0, 0.05) is 11.1 Å². The predicted molar refractivity (Wildman–Crippen MR) is 85.6 cm³/mol. The minimum absolute atomic E-state index is 0.383. The number of unbranched alkanes of at least 4 members (excludes halogenated alkanes) is 3. The van der Waals surface area contributed by atoms with Crippen molar-refractivity contribution in [2.24, 2.45) is 0 Å². The maximum atomic E-state index is 10.5. The maximum absolute atomic E-state index is 10.5. The average Bonchev–Trinajstić information content (AvgIpc) is 2.45. The summed E-state index contributed by atoms with van der Waals surface area (Å²) >= 11 is 0. The van der Waals surface area contributed by atoms with Gasteiger partial charge in [-0.3, -0.25) is 0 Å². The van der Waals surface area contributed by atoms with E-state index in [4.69, 9.17) is 0 Å². The SMILES string of the molecule is CCCCc1cc(O)c(CCCC)c(CCCC)c1O. The Kier molecular flexibility index (Phi) is 7.50. The molecular weight excluding hydrogens is 248 g/mol. The van der Waals surface area contributed by atoms with E-state index in [2.05, 4.69) is 20.8 Å². The highest BCUT2D eigenvalue weighted by molar-refractivity contribution is 5.53. The molecule has 114 valence electrons. The number of hydrogen-bond donors (Lipinski definition) is 2. The molecule has 1 rings (SSSR count). The van der Waals surface area contributed by atoms with Gasteiger partial charge < -0.3 is 10.2 Å². The molecule has 0 fully saturated rings. The van der Waals surface area contributed by atoms with Gasteiger partial charge in [0.1, 0.15) is 11.5 Å². The molecule has 0 saturated carbocycles. The summed E-state index contributed by atoms with van der Waals surface area (Å²) in [7, 11) is 0. The molecule has 0 aliphatic heterocycles. The van der Waals surface area contributed by atoms with E-state index in [1.165, 1.54) is 0 Å². The summed E-state index contributed by atoms with van der Waals surface area (Å²) in [6, 6.07) is 1.78. The van der Waals surface area contributed by atoms with Crippen LogP contribution in [0.1, 0.15) is 76.0 Å². The van der Waals surface area contributed by atoms with Gasteiger partial charge >= 0.3 is 0 Å². The molecule has 0 bridgehead atoms. The van der Waals surface area contributed by atoms with Crippen LogP contribution in [0.5, 0.6) is 11.5 Å². The molecule has 0 saturated heterocycles. The lowest BCUT2D eigenvalue weighted by molar-refractivity contribution is 0.439. The Morgan fingerprint density at radius 3 is 1.80 bits per heavy atom. The van der Waals surface area contributed by atoms with Gasteiger partial charge in [-0.15, -0.1) is 0 Å². The van der Waals surface area contributed by atoms with Gasteiger partial charge in [0.2, 0.25) is 0 Å². The smallest absolute Gasteiger partial charge is 0.122 e. The van der Waals surface area contributed by atoms with Crippen LogP contribution < -0.4 is 0 Å². The van der Waals surface area contributed by atoms with Gasteiger partial charge in [-0.25, -0.2) is 0 Å². The van der Waals surface area contributed by atoms with Crippen LogP contribution in [0.3, 0.4) is 0 Å². The number of phenols is 2.